The van der Waals surface area contributed by atoms with Crippen LogP contribution in [0.4, 0.5) is 14.6 Å². The number of allylic oxidation sites excluding steroid dienone is 2. The van der Waals surface area contributed by atoms with Crippen molar-refractivity contribution in [2.24, 2.45) is 16.3 Å². The van der Waals surface area contributed by atoms with Crippen LogP contribution in [0.15, 0.2) is 63.9 Å². The number of hydrogen-bond acceptors (Lipinski definition) is 7. The predicted molar refractivity (Wildman–Crippen MR) is 159 cm³/mol. The van der Waals surface area contributed by atoms with Crippen molar-refractivity contribution in [2.45, 2.75) is 63.8 Å². The highest BCUT2D eigenvalue weighted by molar-refractivity contribution is 7.89. The van der Waals surface area contributed by atoms with Gasteiger partial charge in [-0.3, -0.25) is 4.99 Å². The molecule has 1 aromatic heterocycles. The summed E-state index contributed by atoms with van der Waals surface area (Å²) < 4.78 is 60.0. The van der Waals surface area contributed by atoms with E-state index in [9.17, 15) is 17.2 Å². The Labute approximate surface area is 246 Å². The summed E-state index contributed by atoms with van der Waals surface area (Å²) in [5, 5.41) is 0. The number of sulfonamides is 1. The lowest BCUT2D eigenvalue weighted by atomic mass is 9.72. The van der Waals surface area contributed by atoms with E-state index in [-0.39, 0.29) is 22.0 Å². The van der Waals surface area contributed by atoms with Crippen LogP contribution in [0.2, 0.25) is 0 Å². The molecule has 0 bridgehead atoms. The minimum Gasteiger partial charge on any atom is -0.491 e. The third kappa shape index (κ3) is 5.32. The van der Waals surface area contributed by atoms with Crippen molar-refractivity contribution in [3.05, 3.63) is 59.6 Å². The van der Waals surface area contributed by atoms with E-state index in [2.05, 4.69) is 36.7 Å². The van der Waals surface area contributed by atoms with Crippen molar-refractivity contribution in [2.75, 3.05) is 32.0 Å². The fraction of sp³-hybridized carbons (Fsp3) is 0.484. The largest absolute Gasteiger partial charge is 0.491 e. The third-order valence-corrected chi connectivity index (χ3v) is 10.5. The predicted octanol–water partition coefficient (Wildman–Crippen LogP) is 5.62. The van der Waals surface area contributed by atoms with Crippen LogP contribution < -0.4 is 10.5 Å². The van der Waals surface area contributed by atoms with Gasteiger partial charge in [-0.15, -0.1) is 0 Å². The molecule has 1 unspecified atom stereocenters. The Bertz CT molecular complexity index is 1610. The van der Waals surface area contributed by atoms with E-state index in [4.69, 9.17) is 15.5 Å². The van der Waals surface area contributed by atoms with Crippen LogP contribution in [0, 0.1) is 11.3 Å². The topological polar surface area (TPSA) is 101 Å². The van der Waals surface area contributed by atoms with Gasteiger partial charge >= 0.3 is 0 Å². The molecule has 0 spiro atoms. The zero-order chi connectivity index (χ0) is 29.9. The SMILES string of the molecule is CCC1C=CN=C2CCC(C)(C)CC2=C1N1CCOc2ccc(-c3cnc(N)c(S(=O)(=O)N4CC(F)(F)C4)c3)cc2C1. The molecule has 1 aromatic carbocycles. The molecule has 224 valence electrons. The van der Waals surface area contributed by atoms with Crippen LogP contribution in [0.3, 0.4) is 0 Å². The highest BCUT2D eigenvalue weighted by atomic mass is 32.2. The number of aromatic nitrogens is 1. The summed E-state index contributed by atoms with van der Waals surface area (Å²) in [6, 6.07) is 7.17. The molecule has 2 aromatic rings. The highest BCUT2D eigenvalue weighted by Crippen LogP contribution is 2.43. The number of ether oxygens (including phenoxy) is 1. The monoisotopic (exact) mass is 597 g/mol. The van der Waals surface area contributed by atoms with Gasteiger partial charge in [0, 0.05) is 47.4 Å². The van der Waals surface area contributed by atoms with Gasteiger partial charge in [-0.1, -0.05) is 32.9 Å². The van der Waals surface area contributed by atoms with Crippen molar-refractivity contribution in [1.82, 2.24) is 14.2 Å². The van der Waals surface area contributed by atoms with Gasteiger partial charge in [0.05, 0.1) is 19.6 Å². The van der Waals surface area contributed by atoms with Gasteiger partial charge in [-0.2, -0.15) is 4.31 Å². The van der Waals surface area contributed by atoms with Crippen molar-refractivity contribution < 1.29 is 21.9 Å². The average Bonchev–Trinajstić information content (AvgIpc) is 3.24. The van der Waals surface area contributed by atoms with Gasteiger partial charge in [-0.05, 0) is 60.4 Å². The lowest BCUT2D eigenvalue weighted by molar-refractivity contribution is -0.0945. The molecular formula is C31H37F2N5O3S. The molecule has 0 radical (unpaired) electrons. The maximum Gasteiger partial charge on any atom is 0.275 e. The minimum absolute atomic E-state index is 0.196. The number of fused-ring (bicyclic) bond motifs is 2. The molecule has 1 aliphatic carbocycles. The molecular weight excluding hydrogens is 560 g/mol. The first kappa shape index (κ1) is 28.8. The summed E-state index contributed by atoms with van der Waals surface area (Å²) in [5.74, 6) is -2.23. The van der Waals surface area contributed by atoms with Crippen LogP contribution >= 0.6 is 0 Å². The summed E-state index contributed by atoms with van der Waals surface area (Å²) >= 11 is 0. The van der Waals surface area contributed by atoms with E-state index < -0.39 is 29.0 Å². The van der Waals surface area contributed by atoms with Gasteiger partial charge in [0.1, 0.15) is 23.1 Å². The Kier molecular flexibility index (Phi) is 7.16. The summed E-state index contributed by atoms with van der Waals surface area (Å²) in [6.07, 6.45) is 9.69. The Morgan fingerprint density at radius 3 is 2.69 bits per heavy atom. The van der Waals surface area contributed by atoms with Gasteiger partial charge in [-0.25, -0.2) is 22.2 Å². The Balaban J connectivity index is 1.35. The van der Waals surface area contributed by atoms with E-state index in [1.807, 2.05) is 24.4 Å². The molecule has 8 nitrogen and oxygen atoms in total. The van der Waals surface area contributed by atoms with Gasteiger partial charge in [0.15, 0.2) is 0 Å². The van der Waals surface area contributed by atoms with Crippen LogP contribution in [-0.2, 0) is 16.6 Å². The molecule has 4 heterocycles. The molecule has 2 N–H and O–H groups in total. The summed E-state index contributed by atoms with van der Waals surface area (Å²) in [5.41, 5.74) is 12.2. The molecule has 1 saturated heterocycles. The molecule has 6 rings (SSSR count). The number of aliphatic imine (C=N–C) groups is 1. The molecule has 3 aliphatic heterocycles. The summed E-state index contributed by atoms with van der Waals surface area (Å²) in [6.45, 7) is 7.01. The number of nitrogens with two attached hydrogens (primary N) is 1. The molecule has 1 atom stereocenters. The number of benzene rings is 1. The number of rotatable bonds is 5. The molecule has 4 aliphatic rings. The van der Waals surface area contributed by atoms with Gasteiger partial charge in [0.2, 0.25) is 10.0 Å². The zero-order valence-electron chi connectivity index (χ0n) is 24.2. The van der Waals surface area contributed by atoms with Crippen molar-refractivity contribution in [1.29, 1.82) is 0 Å². The number of nitrogens with zero attached hydrogens (tertiary/aromatic N) is 4. The number of anilines is 1. The van der Waals surface area contributed by atoms with Crippen LogP contribution in [0.1, 0.15) is 52.0 Å². The van der Waals surface area contributed by atoms with E-state index in [1.54, 1.807) is 0 Å². The van der Waals surface area contributed by atoms with Crippen molar-refractivity contribution in [3.8, 4) is 16.9 Å². The van der Waals surface area contributed by atoms with Gasteiger partial charge < -0.3 is 15.4 Å². The Morgan fingerprint density at radius 2 is 1.95 bits per heavy atom. The maximum atomic E-state index is 13.5. The highest BCUT2D eigenvalue weighted by Gasteiger charge is 2.50. The van der Waals surface area contributed by atoms with E-state index in [0.29, 0.717) is 18.7 Å². The second-order valence-electron chi connectivity index (χ2n) is 12.5. The smallest absolute Gasteiger partial charge is 0.275 e. The zero-order valence-corrected chi connectivity index (χ0v) is 25.1. The summed E-state index contributed by atoms with van der Waals surface area (Å²) in [7, 11) is -4.21. The third-order valence-electron chi connectivity index (χ3n) is 8.72. The number of pyridine rings is 1. The quantitative estimate of drug-likeness (QED) is 0.480. The molecule has 11 heteroatoms. The normalized spacial score (nSPS) is 23.6. The standard InChI is InChI=1S/C31H37F2N5O3S/c1-4-20-8-10-35-25-7-9-30(2,3)15-24(25)28(20)37-11-12-41-26-6-5-21(13-23(26)17-37)22-14-27(29(34)36-16-22)42(39,40)38-18-31(32,33)19-38/h5-6,8,10,13-14,16,20H,4,7,9,11-12,15,17-19H2,1-3H3,(H2,34,36). The second-order valence-corrected chi connectivity index (χ2v) is 14.4. The lowest BCUT2D eigenvalue weighted by Gasteiger charge is -2.38. The van der Waals surface area contributed by atoms with Gasteiger partial charge in [0.25, 0.3) is 5.92 Å². The maximum absolute atomic E-state index is 13.5. The molecule has 2 fully saturated rings. The van der Waals surface area contributed by atoms with E-state index in [0.717, 1.165) is 53.4 Å². The first-order valence-electron chi connectivity index (χ1n) is 14.5. The number of hydrogen-bond donors (Lipinski definition) is 1. The average molecular weight is 598 g/mol. The fourth-order valence-corrected chi connectivity index (χ4v) is 7.93. The van der Waals surface area contributed by atoms with Crippen LogP contribution in [0.25, 0.3) is 11.1 Å². The fourth-order valence-electron chi connectivity index (χ4n) is 6.34. The second kappa shape index (κ2) is 10.4. The summed E-state index contributed by atoms with van der Waals surface area (Å²) in [4.78, 5) is 11.1. The minimum atomic E-state index is -4.21. The first-order chi connectivity index (χ1) is 19.9. The number of alkyl halides is 2. The van der Waals surface area contributed by atoms with Crippen molar-refractivity contribution >= 4 is 21.6 Å². The number of halogens is 2. The van der Waals surface area contributed by atoms with E-state index >= 15 is 0 Å². The van der Waals surface area contributed by atoms with E-state index in [1.165, 1.54) is 29.2 Å². The van der Waals surface area contributed by atoms with Crippen LogP contribution in [0.5, 0.6) is 5.75 Å². The lowest BCUT2D eigenvalue weighted by Crippen LogP contribution is -2.58. The number of nitrogen functional groups attached to an aromatic ring is 1. The first-order valence-corrected chi connectivity index (χ1v) is 15.9. The van der Waals surface area contributed by atoms with Crippen molar-refractivity contribution in [3.63, 3.8) is 0 Å². The Morgan fingerprint density at radius 1 is 1.17 bits per heavy atom. The molecule has 1 saturated carbocycles. The van der Waals surface area contributed by atoms with Crippen LogP contribution in [-0.4, -0.2) is 60.5 Å². The molecule has 0 amide bonds. The Hall–Kier alpha value is -3.31. The molecule has 42 heavy (non-hydrogen) atoms.